The third kappa shape index (κ3) is 3.84. The number of benzene rings is 1. The summed E-state index contributed by atoms with van der Waals surface area (Å²) in [6, 6.07) is 7.54. The lowest BCUT2D eigenvalue weighted by molar-refractivity contribution is 0.464. The van der Waals surface area contributed by atoms with E-state index in [1.165, 1.54) is 0 Å². The van der Waals surface area contributed by atoms with Crippen LogP contribution < -0.4 is 5.32 Å². The number of nitrogens with one attached hydrogen (secondary N) is 1. The lowest BCUT2D eigenvalue weighted by Gasteiger charge is -2.17. The van der Waals surface area contributed by atoms with Crippen LogP contribution in [0.4, 0.5) is 0 Å². The Hall–Kier alpha value is -0.910. The number of nitrogens with zero attached hydrogens (tertiary/aromatic N) is 1. The maximum absolute atomic E-state index is 12.5. The highest BCUT2D eigenvalue weighted by molar-refractivity contribution is 7.89. The highest BCUT2D eigenvalue weighted by atomic mass is 32.2. The Morgan fingerprint density at radius 2 is 2.00 bits per heavy atom. The molecule has 2 atom stereocenters. The molecule has 4 nitrogen and oxygen atoms in total. The SMILES string of the molecule is CCCNC(C)c1ccc(S(=O)(=O)N2CCC(C)C2)cc1. The number of rotatable bonds is 6. The van der Waals surface area contributed by atoms with E-state index in [1.54, 1.807) is 16.4 Å². The second kappa shape index (κ2) is 6.90. The van der Waals surface area contributed by atoms with Crippen molar-refractivity contribution in [2.45, 2.75) is 44.6 Å². The van der Waals surface area contributed by atoms with Crippen molar-refractivity contribution in [3.05, 3.63) is 29.8 Å². The number of hydrogen-bond acceptors (Lipinski definition) is 3. The fraction of sp³-hybridized carbons (Fsp3) is 0.625. The number of sulfonamides is 1. The smallest absolute Gasteiger partial charge is 0.243 e. The van der Waals surface area contributed by atoms with Gasteiger partial charge in [-0.05, 0) is 49.9 Å². The van der Waals surface area contributed by atoms with Crippen LogP contribution in [0.3, 0.4) is 0 Å². The molecule has 0 aliphatic carbocycles. The molecular weight excluding hydrogens is 284 g/mol. The minimum atomic E-state index is -3.32. The summed E-state index contributed by atoms with van der Waals surface area (Å²) < 4.78 is 26.7. The lowest BCUT2D eigenvalue weighted by atomic mass is 10.1. The average Bonchev–Trinajstić information content (AvgIpc) is 2.92. The molecule has 0 spiro atoms. The van der Waals surface area contributed by atoms with Crippen molar-refractivity contribution in [2.24, 2.45) is 5.92 Å². The molecule has 1 N–H and O–H groups in total. The van der Waals surface area contributed by atoms with E-state index < -0.39 is 10.0 Å². The van der Waals surface area contributed by atoms with Crippen LogP contribution in [0.5, 0.6) is 0 Å². The molecule has 21 heavy (non-hydrogen) atoms. The van der Waals surface area contributed by atoms with Crippen molar-refractivity contribution >= 4 is 10.0 Å². The minimum absolute atomic E-state index is 0.244. The van der Waals surface area contributed by atoms with E-state index in [-0.39, 0.29) is 6.04 Å². The molecule has 5 heteroatoms. The van der Waals surface area contributed by atoms with Crippen LogP contribution in [-0.2, 0) is 10.0 Å². The topological polar surface area (TPSA) is 49.4 Å². The second-order valence-corrected chi connectivity index (χ2v) is 7.94. The Kier molecular flexibility index (Phi) is 5.41. The minimum Gasteiger partial charge on any atom is -0.310 e. The van der Waals surface area contributed by atoms with Gasteiger partial charge < -0.3 is 5.32 Å². The van der Waals surface area contributed by atoms with Crippen molar-refractivity contribution in [1.82, 2.24) is 9.62 Å². The van der Waals surface area contributed by atoms with Gasteiger partial charge in [0.1, 0.15) is 0 Å². The zero-order valence-corrected chi connectivity index (χ0v) is 14.0. The van der Waals surface area contributed by atoms with Crippen molar-refractivity contribution in [3.8, 4) is 0 Å². The van der Waals surface area contributed by atoms with Crippen LogP contribution in [0.15, 0.2) is 29.2 Å². The van der Waals surface area contributed by atoms with Gasteiger partial charge in [-0.15, -0.1) is 0 Å². The average molecular weight is 310 g/mol. The fourth-order valence-electron chi connectivity index (χ4n) is 2.67. The molecular formula is C16H26N2O2S. The molecule has 2 unspecified atom stereocenters. The summed E-state index contributed by atoms with van der Waals surface area (Å²) in [5, 5.41) is 3.41. The molecule has 118 valence electrons. The first-order valence-electron chi connectivity index (χ1n) is 7.78. The Morgan fingerprint density at radius 1 is 1.33 bits per heavy atom. The van der Waals surface area contributed by atoms with Crippen LogP contribution in [-0.4, -0.2) is 32.4 Å². The first kappa shape index (κ1) is 16.5. The second-order valence-electron chi connectivity index (χ2n) is 6.00. The molecule has 1 aliphatic heterocycles. The molecule has 0 aromatic heterocycles. The third-order valence-corrected chi connectivity index (χ3v) is 5.98. The first-order chi connectivity index (χ1) is 9.95. The zero-order valence-electron chi connectivity index (χ0n) is 13.2. The largest absolute Gasteiger partial charge is 0.310 e. The van der Waals surface area contributed by atoms with E-state index in [1.807, 2.05) is 12.1 Å². The van der Waals surface area contributed by atoms with E-state index in [0.29, 0.717) is 23.9 Å². The normalized spacial score (nSPS) is 21.6. The van der Waals surface area contributed by atoms with E-state index in [4.69, 9.17) is 0 Å². The van der Waals surface area contributed by atoms with Crippen molar-refractivity contribution in [1.29, 1.82) is 0 Å². The van der Waals surface area contributed by atoms with Gasteiger partial charge in [0.25, 0.3) is 0 Å². The van der Waals surface area contributed by atoms with Gasteiger partial charge in [-0.25, -0.2) is 8.42 Å². The summed E-state index contributed by atoms with van der Waals surface area (Å²) in [5.41, 5.74) is 1.12. The van der Waals surface area contributed by atoms with Crippen molar-refractivity contribution in [2.75, 3.05) is 19.6 Å². The van der Waals surface area contributed by atoms with E-state index in [2.05, 4.69) is 26.1 Å². The molecule has 0 amide bonds. The molecule has 1 aromatic rings. The molecule has 2 rings (SSSR count). The van der Waals surface area contributed by atoms with Crippen LogP contribution in [0.1, 0.15) is 45.2 Å². The highest BCUT2D eigenvalue weighted by Gasteiger charge is 2.30. The maximum Gasteiger partial charge on any atom is 0.243 e. The Morgan fingerprint density at radius 3 is 2.52 bits per heavy atom. The number of hydrogen-bond donors (Lipinski definition) is 1. The van der Waals surface area contributed by atoms with E-state index in [0.717, 1.165) is 24.9 Å². The standard InChI is InChI=1S/C16H26N2O2S/c1-4-10-17-14(3)15-5-7-16(8-6-15)21(19,20)18-11-9-13(2)12-18/h5-8,13-14,17H,4,9-12H2,1-3H3. The van der Waals surface area contributed by atoms with E-state index >= 15 is 0 Å². The Labute approximate surface area is 128 Å². The molecule has 0 radical (unpaired) electrons. The van der Waals surface area contributed by atoms with Crippen LogP contribution >= 0.6 is 0 Å². The summed E-state index contributed by atoms with van der Waals surface area (Å²) in [7, 11) is -3.32. The van der Waals surface area contributed by atoms with Crippen molar-refractivity contribution in [3.63, 3.8) is 0 Å². The highest BCUT2D eigenvalue weighted by Crippen LogP contribution is 2.25. The molecule has 1 saturated heterocycles. The van der Waals surface area contributed by atoms with Crippen LogP contribution in [0.2, 0.25) is 0 Å². The summed E-state index contributed by atoms with van der Waals surface area (Å²) in [4.78, 5) is 0.406. The zero-order chi connectivity index (χ0) is 15.5. The maximum atomic E-state index is 12.5. The summed E-state index contributed by atoms with van der Waals surface area (Å²) in [6.07, 6.45) is 2.04. The van der Waals surface area contributed by atoms with Gasteiger partial charge in [0.2, 0.25) is 10.0 Å². The van der Waals surface area contributed by atoms with Gasteiger partial charge >= 0.3 is 0 Å². The van der Waals surface area contributed by atoms with Gasteiger partial charge in [0.15, 0.2) is 0 Å². The molecule has 1 heterocycles. The van der Waals surface area contributed by atoms with Gasteiger partial charge in [-0.3, -0.25) is 0 Å². The van der Waals surface area contributed by atoms with Gasteiger partial charge in [-0.2, -0.15) is 4.31 Å². The Balaban J connectivity index is 2.11. The summed E-state index contributed by atoms with van der Waals surface area (Å²) >= 11 is 0. The monoisotopic (exact) mass is 310 g/mol. The predicted octanol–water partition coefficient (Wildman–Crippen LogP) is 2.78. The molecule has 0 saturated carbocycles. The van der Waals surface area contributed by atoms with Crippen LogP contribution in [0, 0.1) is 5.92 Å². The molecule has 1 fully saturated rings. The molecule has 0 bridgehead atoms. The quantitative estimate of drug-likeness (QED) is 0.879. The third-order valence-electron chi connectivity index (χ3n) is 4.11. The molecule has 1 aromatic carbocycles. The van der Waals surface area contributed by atoms with E-state index in [9.17, 15) is 8.42 Å². The van der Waals surface area contributed by atoms with Gasteiger partial charge in [0, 0.05) is 19.1 Å². The lowest BCUT2D eigenvalue weighted by Crippen LogP contribution is -2.28. The Bertz CT molecular complexity index is 554. The summed E-state index contributed by atoms with van der Waals surface area (Å²) in [5.74, 6) is 0.456. The fourth-order valence-corrected chi connectivity index (χ4v) is 4.24. The van der Waals surface area contributed by atoms with Crippen molar-refractivity contribution < 1.29 is 8.42 Å². The van der Waals surface area contributed by atoms with Crippen LogP contribution in [0.25, 0.3) is 0 Å². The first-order valence-corrected chi connectivity index (χ1v) is 9.22. The van der Waals surface area contributed by atoms with Gasteiger partial charge in [0.05, 0.1) is 4.90 Å². The predicted molar refractivity (Wildman–Crippen MR) is 85.7 cm³/mol. The van der Waals surface area contributed by atoms with Gasteiger partial charge in [-0.1, -0.05) is 26.0 Å². The molecule has 1 aliphatic rings. The summed E-state index contributed by atoms with van der Waals surface area (Å²) in [6.45, 7) is 8.57.